The Labute approximate surface area is 134 Å². The number of hydrogen-bond donors (Lipinski definition) is 2. The Hall–Kier alpha value is -0.410. The Morgan fingerprint density at radius 1 is 1.20 bits per heavy atom. The van der Waals surface area contributed by atoms with Crippen LogP contribution >= 0.6 is 43.2 Å². The van der Waals surface area contributed by atoms with Gasteiger partial charge in [0.1, 0.15) is 0 Å². The fourth-order valence-electron chi connectivity index (χ4n) is 1.84. The number of benzene rings is 1. The van der Waals surface area contributed by atoms with Gasteiger partial charge in [-0.3, -0.25) is 5.84 Å². The van der Waals surface area contributed by atoms with Crippen molar-refractivity contribution in [2.24, 2.45) is 5.84 Å². The summed E-state index contributed by atoms with van der Waals surface area (Å²) in [6, 6.07) is 5.09. The molecule has 2 aromatic rings. The van der Waals surface area contributed by atoms with Gasteiger partial charge in [0.15, 0.2) is 0 Å². The zero-order valence-electron chi connectivity index (χ0n) is 9.84. The van der Waals surface area contributed by atoms with Gasteiger partial charge in [0.25, 0.3) is 0 Å². The average molecular weight is 430 g/mol. The monoisotopic (exact) mass is 428 g/mol. The lowest BCUT2D eigenvalue weighted by atomic mass is 9.99. The van der Waals surface area contributed by atoms with Gasteiger partial charge in [-0.05, 0) is 45.1 Å². The van der Waals surface area contributed by atoms with Crippen LogP contribution in [0.2, 0.25) is 0 Å². The second-order valence-electron chi connectivity index (χ2n) is 3.96. The molecule has 3 N–H and O–H groups in total. The molecule has 2 nitrogen and oxygen atoms in total. The van der Waals surface area contributed by atoms with Crippen LogP contribution in [0.5, 0.6) is 0 Å². The highest BCUT2D eigenvalue weighted by Gasteiger charge is 2.36. The Balaban J connectivity index is 2.59. The molecule has 1 unspecified atom stereocenters. The molecule has 1 atom stereocenters. The highest BCUT2D eigenvalue weighted by atomic mass is 79.9. The van der Waals surface area contributed by atoms with Crippen LogP contribution < -0.4 is 11.3 Å². The van der Waals surface area contributed by atoms with E-state index < -0.39 is 17.8 Å². The van der Waals surface area contributed by atoms with Gasteiger partial charge in [0, 0.05) is 13.8 Å². The molecule has 0 saturated heterocycles. The predicted molar refractivity (Wildman–Crippen MR) is 80.3 cm³/mol. The van der Waals surface area contributed by atoms with Gasteiger partial charge in [0.05, 0.1) is 11.6 Å². The van der Waals surface area contributed by atoms with Crippen LogP contribution in [-0.2, 0) is 6.18 Å². The minimum atomic E-state index is -4.45. The number of nitrogens with two attached hydrogens (primary N) is 1. The van der Waals surface area contributed by atoms with Crippen molar-refractivity contribution >= 4 is 43.2 Å². The van der Waals surface area contributed by atoms with Crippen molar-refractivity contribution in [2.75, 3.05) is 0 Å². The zero-order chi connectivity index (χ0) is 14.9. The molecule has 0 aliphatic rings. The minimum absolute atomic E-state index is 0.0892. The van der Waals surface area contributed by atoms with E-state index in [2.05, 4.69) is 37.3 Å². The molecule has 8 heteroatoms. The van der Waals surface area contributed by atoms with Crippen molar-refractivity contribution in [3.63, 3.8) is 0 Å². The van der Waals surface area contributed by atoms with Crippen LogP contribution in [0.15, 0.2) is 38.6 Å². The third-order valence-electron chi connectivity index (χ3n) is 2.71. The Bertz CT molecular complexity index is 613. The first-order valence-corrected chi connectivity index (χ1v) is 7.87. The molecule has 0 aliphatic carbocycles. The van der Waals surface area contributed by atoms with Gasteiger partial charge in [0.2, 0.25) is 0 Å². The fourth-order valence-corrected chi connectivity index (χ4v) is 3.88. The second kappa shape index (κ2) is 6.15. The molecular weight excluding hydrogens is 421 g/mol. The third kappa shape index (κ3) is 3.25. The van der Waals surface area contributed by atoms with Crippen LogP contribution in [0.3, 0.4) is 0 Å². The number of hydrogen-bond acceptors (Lipinski definition) is 3. The lowest BCUT2D eigenvalue weighted by molar-refractivity contribution is -0.138. The van der Waals surface area contributed by atoms with Gasteiger partial charge in [-0.15, -0.1) is 11.3 Å². The summed E-state index contributed by atoms with van der Waals surface area (Å²) in [5.41, 5.74) is 1.84. The van der Waals surface area contributed by atoms with Crippen molar-refractivity contribution in [2.45, 2.75) is 12.2 Å². The largest absolute Gasteiger partial charge is 0.416 e. The van der Waals surface area contributed by atoms with E-state index in [4.69, 9.17) is 5.84 Å². The Morgan fingerprint density at radius 3 is 2.40 bits per heavy atom. The molecule has 0 aliphatic heterocycles. The molecule has 0 spiro atoms. The number of hydrazine groups is 1. The van der Waals surface area contributed by atoms with Gasteiger partial charge >= 0.3 is 6.18 Å². The van der Waals surface area contributed by atoms with Gasteiger partial charge < -0.3 is 0 Å². The van der Waals surface area contributed by atoms with Crippen LogP contribution in [0, 0.1) is 0 Å². The maximum absolute atomic E-state index is 13.2. The number of alkyl halides is 3. The van der Waals surface area contributed by atoms with Crippen LogP contribution in [0.1, 0.15) is 22.0 Å². The average Bonchev–Trinajstić information content (AvgIpc) is 2.77. The van der Waals surface area contributed by atoms with E-state index >= 15 is 0 Å². The van der Waals surface area contributed by atoms with Gasteiger partial charge in [-0.25, -0.2) is 5.43 Å². The summed E-state index contributed by atoms with van der Waals surface area (Å²) in [4.78, 5) is 0.695. The van der Waals surface area contributed by atoms with E-state index in [-0.39, 0.29) is 5.56 Å². The first kappa shape index (κ1) is 16.0. The summed E-state index contributed by atoms with van der Waals surface area (Å²) >= 11 is 7.72. The van der Waals surface area contributed by atoms with Crippen molar-refractivity contribution in [3.8, 4) is 0 Å². The highest BCUT2D eigenvalue weighted by molar-refractivity contribution is 9.10. The number of thiophene rings is 1. The molecular formula is C12H9Br2F3N2S. The Kier molecular flexibility index (Phi) is 4.91. The number of nitrogens with one attached hydrogen (secondary N) is 1. The van der Waals surface area contributed by atoms with Gasteiger partial charge in [-0.1, -0.05) is 22.0 Å². The molecule has 0 radical (unpaired) electrons. The molecule has 20 heavy (non-hydrogen) atoms. The van der Waals surface area contributed by atoms with Crippen molar-refractivity contribution in [1.29, 1.82) is 0 Å². The van der Waals surface area contributed by atoms with E-state index in [0.29, 0.717) is 9.35 Å². The maximum Gasteiger partial charge on any atom is 0.416 e. The van der Waals surface area contributed by atoms with Crippen molar-refractivity contribution in [1.82, 2.24) is 5.43 Å². The van der Waals surface area contributed by atoms with E-state index in [1.807, 2.05) is 0 Å². The van der Waals surface area contributed by atoms with E-state index in [1.54, 1.807) is 17.5 Å². The van der Waals surface area contributed by atoms with Gasteiger partial charge in [-0.2, -0.15) is 13.2 Å². The quantitative estimate of drug-likeness (QED) is 0.540. The molecule has 0 bridgehead atoms. The van der Waals surface area contributed by atoms with E-state index in [0.717, 1.165) is 10.5 Å². The smallest absolute Gasteiger partial charge is 0.271 e. The first-order chi connectivity index (χ1) is 9.34. The molecule has 1 aromatic heterocycles. The summed E-state index contributed by atoms with van der Waals surface area (Å²) in [5.74, 6) is 5.47. The summed E-state index contributed by atoms with van der Waals surface area (Å²) in [5, 5.41) is 1.79. The number of rotatable bonds is 3. The van der Waals surface area contributed by atoms with Crippen molar-refractivity contribution < 1.29 is 13.2 Å². The van der Waals surface area contributed by atoms with Crippen LogP contribution in [0.4, 0.5) is 13.2 Å². The summed E-state index contributed by atoms with van der Waals surface area (Å²) in [7, 11) is 0. The molecule has 1 aromatic carbocycles. The SMILES string of the molecule is NNC(c1ccc(Br)cc1C(F)(F)F)c1sccc1Br. The molecule has 0 amide bonds. The summed E-state index contributed by atoms with van der Waals surface area (Å²) in [6.07, 6.45) is -4.45. The fraction of sp³-hybridized carbons (Fsp3) is 0.167. The van der Waals surface area contributed by atoms with E-state index in [9.17, 15) is 13.2 Å². The van der Waals surface area contributed by atoms with Crippen molar-refractivity contribution in [3.05, 3.63) is 54.6 Å². The molecule has 0 saturated carbocycles. The molecule has 108 valence electrons. The molecule has 0 fully saturated rings. The lowest BCUT2D eigenvalue weighted by Crippen LogP contribution is -2.30. The summed E-state index contributed by atoms with van der Waals surface area (Å²) in [6.45, 7) is 0. The standard InChI is InChI=1S/C12H9Br2F3N2S/c13-6-1-2-7(8(5-6)12(15,16)17)10(19-18)11-9(14)3-4-20-11/h1-5,10,19H,18H2. The van der Waals surface area contributed by atoms with Crippen LogP contribution in [0.25, 0.3) is 0 Å². The predicted octanol–water partition coefficient (Wildman–Crippen LogP) is 4.84. The highest BCUT2D eigenvalue weighted by Crippen LogP contribution is 2.40. The minimum Gasteiger partial charge on any atom is -0.271 e. The molecule has 2 rings (SSSR count). The normalized spacial score (nSPS) is 13.5. The van der Waals surface area contributed by atoms with Crippen LogP contribution in [-0.4, -0.2) is 0 Å². The first-order valence-electron chi connectivity index (χ1n) is 5.40. The van der Waals surface area contributed by atoms with E-state index in [1.165, 1.54) is 17.4 Å². The summed E-state index contributed by atoms with van der Waals surface area (Å²) < 4.78 is 40.6. The lowest BCUT2D eigenvalue weighted by Gasteiger charge is -2.21. The number of halogens is 5. The Morgan fingerprint density at radius 2 is 1.90 bits per heavy atom. The maximum atomic E-state index is 13.2. The molecule has 1 heterocycles. The third-order valence-corrected chi connectivity index (χ3v) is 5.13. The second-order valence-corrected chi connectivity index (χ2v) is 6.68. The zero-order valence-corrected chi connectivity index (χ0v) is 13.8. The topological polar surface area (TPSA) is 38.0 Å².